The molecule has 0 saturated carbocycles. The molecule has 0 spiro atoms. The standard InChI is InChI=1S/C14H16O2.C5H10O/c1-15-14(16-2)11-7-6-10-13(14)12-8-4-3-5-9-12;1-3-5(6)4-2/h3-11,13H,1-2H3;3-4H2,1-2H3. The quantitative estimate of drug-likeness (QED) is 0.762. The fourth-order valence-corrected chi connectivity index (χ4v) is 2.33. The van der Waals surface area contributed by atoms with Gasteiger partial charge in [-0.2, -0.15) is 0 Å². The molecule has 2 rings (SSSR count). The predicted molar refractivity (Wildman–Crippen MR) is 89.8 cm³/mol. The second-order valence-corrected chi connectivity index (χ2v) is 5.01. The number of benzene rings is 1. The maximum atomic E-state index is 10.2. The lowest BCUT2D eigenvalue weighted by Gasteiger charge is -2.36. The van der Waals surface area contributed by atoms with Gasteiger partial charge in [-0.25, -0.2) is 0 Å². The minimum atomic E-state index is -0.684. The van der Waals surface area contributed by atoms with Crippen LogP contribution in [0.4, 0.5) is 0 Å². The minimum absolute atomic E-state index is 0.0914. The van der Waals surface area contributed by atoms with Crippen LogP contribution in [-0.4, -0.2) is 25.8 Å². The maximum Gasteiger partial charge on any atom is 0.198 e. The van der Waals surface area contributed by atoms with Crippen molar-refractivity contribution in [1.82, 2.24) is 0 Å². The Bertz CT molecular complexity index is 493. The number of Topliss-reactive ketones (excluding diaryl/α,β-unsaturated/α-hetero) is 1. The molecule has 1 aliphatic rings. The maximum absolute atomic E-state index is 10.2. The summed E-state index contributed by atoms with van der Waals surface area (Å²) in [4.78, 5) is 10.2. The van der Waals surface area contributed by atoms with Crippen LogP contribution < -0.4 is 0 Å². The van der Waals surface area contributed by atoms with Crippen LogP contribution in [-0.2, 0) is 14.3 Å². The molecule has 1 atom stereocenters. The van der Waals surface area contributed by atoms with Gasteiger partial charge in [0, 0.05) is 27.1 Å². The summed E-state index contributed by atoms with van der Waals surface area (Å²) in [5, 5.41) is 0. The molecule has 0 radical (unpaired) electrons. The SMILES string of the molecule is CCC(=O)CC.COC1(OC)C=CC=CC1c1ccccc1. The van der Waals surface area contributed by atoms with Crippen molar-refractivity contribution in [2.24, 2.45) is 0 Å². The molecule has 3 heteroatoms. The average Bonchev–Trinajstić information content (AvgIpc) is 2.62. The van der Waals surface area contributed by atoms with Crippen LogP contribution in [0.2, 0.25) is 0 Å². The van der Waals surface area contributed by atoms with Crippen molar-refractivity contribution in [3.63, 3.8) is 0 Å². The van der Waals surface area contributed by atoms with Gasteiger partial charge in [0.25, 0.3) is 0 Å². The number of carbonyl (C=O) groups excluding carboxylic acids is 1. The largest absolute Gasteiger partial charge is 0.349 e. The molecule has 1 unspecified atom stereocenters. The number of hydrogen-bond acceptors (Lipinski definition) is 3. The molecule has 0 aromatic heterocycles. The summed E-state index contributed by atoms with van der Waals surface area (Å²) in [7, 11) is 3.34. The van der Waals surface area contributed by atoms with Gasteiger partial charge >= 0.3 is 0 Å². The highest BCUT2D eigenvalue weighted by molar-refractivity contribution is 5.77. The highest BCUT2D eigenvalue weighted by Crippen LogP contribution is 2.36. The van der Waals surface area contributed by atoms with Crippen LogP contribution >= 0.6 is 0 Å². The molecule has 1 aromatic rings. The van der Waals surface area contributed by atoms with Crippen LogP contribution in [0.5, 0.6) is 0 Å². The Balaban J connectivity index is 0.000000346. The first kappa shape index (κ1) is 18.3. The summed E-state index contributed by atoms with van der Waals surface area (Å²) in [6, 6.07) is 10.2. The van der Waals surface area contributed by atoms with Crippen LogP contribution in [0.1, 0.15) is 38.2 Å². The molecule has 0 amide bonds. The third kappa shape index (κ3) is 4.65. The summed E-state index contributed by atoms with van der Waals surface area (Å²) in [5.41, 5.74) is 1.19. The Hall–Kier alpha value is -1.71. The number of rotatable bonds is 5. The van der Waals surface area contributed by atoms with E-state index in [4.69, 9.17) is 9.47 Å². The molecule has 22 heavy (non-hydrogen) atoms. The van der Waals surface area contributed by atoms with Crippen LogP contribution in [0.15, 0.2) is 54.6 Å². The highest BCUT2D eigenvalue weighted by Gasteiger charge is 2.37. The number of allylic oxidation sites excluding steroid dienone is 2. The summed E-state index contributed by atoms with van der Waals surface area (Å²) >= 11 is 0. The summed E-state index contributed by atoms with van der Waals surface area (Å²) in [6.07, 6.45) is 9.40. The minimum Gasteiger partial charge on any atom is -0.349 e. The third-order valence-corrected chi connectivity index (χ3v) is 3.76. The zero-order valence-electron chi connectivity index (χ0n) is 13.9. The van der Waals surface area contributed by atoms with Gasteiger partial charge in [-0.05, 0) is 11.6 Å². The molecule has 0 heterocycles. The molecule has 0 fully saturated rings. The van der Waals surface area contributed by atoms with E-state index in [9.17, 15) is 4.79 Å². The van der Waals surface area contributed by atoms with E-state index in [2.05, 4.69) is 18.2 Å². The van der Waals surface area contributed by atoms with E-state index < -0.39 is 5.79 Å². The molecule has 0 aliphatic heterocycles. The van der Waals surface area contributed by atoms with Gasteiger partial charge in [0.05, 0.1) is 5.92 Å². The van der Waals surface area contributed by atoms with Crippen molar-refractivity contribution in [3.05, 3.63) is 60.2 Å². The van der Waals surface area contributed by atoms with E-state index in [-0.39, 0.29) is 5.92 Å². The summed E-state index contributed by atoms with van der Waals surface area (Å²) in [5.74, 6) is -0.250. The zero-order chi connectivity index (χ0) is 16.4. The third-order valence-electron chi connectivity index (χ3n) is 3.76. The van der Waals surface area contributed by atoms with Crippen molar-refractivity contribution in [2.75, 3.05) is 14.2 Å². The van der Waals surface area contributed by atoms with Crippen molar-refractivity contribution in [1.29, 1.82) is 0 Å². The van der Waals surface area contributed by atoms with Gasteiger partial charge in [0.15, 0.2) is 5.79 Å². The lowest BCUT2D eigenvalue weighted by Crippen LogP contribution is -2.38. The Morgan fingerprint density at radius 1 is 1.05 bits per heavy atom. The molecular formula is C19H26O3. The second-order valence-electron chi connectivity index (χ2n) is 5.01. The molecule has 0 bridgehead atoms. The molecule has 1 aliphatic carbocycles. The van der Waals surface area contributed by atoms with Crippen molar-refractivity contribution >= 4 is 5.78 Å². The number of ether oxygens (including phenoxy) is 2. The molecular weight excluding hydrogens is 276 g/mol. The van der Waals surface area contributed by atoms with Gasteiger partial charge < -0.3 is 9.47 Å². The predicted octanol–water partition coefficient (Wildman–Crippen LogP) is 4.26. The summed E-state index contributed by atoms with van der Waals surface area (Å²) in [6.45, 7) is 3.76. The van der Waals surface area contributed by atoms with Crippen LogP contribution in [0.25, 0.3) is 0 Å². The Kier molecular flexibility index (Phi) is 7.78. The Morgan fingerprint density at radius 3 is 2.09 bits per heavy atom. The van der Waals surface area contributed by atoms with Crippen molar-refractivity contribution in [2.45, 2.75) is 38.4 Å². The molecule has 120 valence electrons. The highest BCUT2D eigenvalue weighted by atomic mass is 16.7. The van der Waals surface area contributed by atoms with E-state index >= 15 is 0 Å². The number of methoxy groups -OCH3 is 2. The fourth-order valence-electron chi connectivity index (χ4n) is 2.33. The zero-order valence-corrected chi connectivity index (χ0v) is 13.9. The topological polar surface area (TPSA) is 35.5 Å². The Morgan fingerprint density at radius 2 is 1.64 bits per heavy atom. The van der Waals surface area contributed by atoms with Gasteiger partial charge in [0.1, 0.15) is 5.78 Å². The van der Waals surface area contributed by atoms with Crippen LogP contribution in [0.3, 0.4) is 0 Å². The van der Waals surface area contributed by atoms with E-state index in [1.807, 2.05) is 50.3 Å². The second kappa shape index (κ2) is 9.34. The monoisotopic (exact) mass is 302 g/mol. The fraction of sp³-hybridized carbons (Fsp3) is 0.421. The van der Waals surface area contributed by atoms with Gasteiger partial charge in [-0.1, -0.05) is 62.4 Å². The van der Waals surface area contributed by atoms with E-state index in [1.165, 1.54) is 5.56 Å². The molecule has 0 saturated heterocycles. The average molecular weight is 302 g/mol. The molecule has 3 nitrogen and oxygen atoms in total. The first-order valence-corrected chi connectivity index (χ1v) is 7.66. The smallest absolute Gasteiger partial charge is 0.198 e. The number of carbonyl (C=O) groups is 1. The molecule has 1 aromatic carbocycles. The first-order chi connectivity index (χ1) is 10.6. The van der Waals surface area contributed by atoms with Gasteiger partial charge in [0.2, 0.25) is 0 Å². The van der Waals surface area contributed by atoms with Gasteiger partial charge in [-0.15, -0.1) is 0 Å². The van der Waals surface area contributed by atoms with E-state index in [0.29, 0.717) is 18.6 Å². The normalized spacial score (nSPS) is 18.5. The number of hydrogen-bond donors (Lipinski definition) is 0. The lowest BCUT2D eigenvalue weighted by atomic mass is 9.87. The summed E-state index contributed by atoms with van der Waals surface area (Å²) < 4.78 is 11.1. The first-order valence-electron chi connectivity index (χ1n) is 7.66. The number of ketones is 1. The van der Waals surface area contributed by atoms with E-state index in [0.717, 1.165) is 0 Å². The van der Waals surface area contributed by atoms with Gasteiger partial charge in [-0.3, -0.25) is 4.79 Å². The molecule has 0 N–H and O–H groups in total. The van der Waals surface area contributed by atoms with Crippen LogP contribution in [0, 0.1) is 0 Å². The van der Waals surface area contributed by atoms with Crippen molar-refractivity contribution in [3.8, 4) is 0 Å². The van der Waals surface area contributed by atoms with Crippen molar-refractivity contribution < 1.29 is 14.3 Å². The lowest BCUT2D eigenvalue weighted by molar-refractivity contribution is -0.178. The Labute approximate surface area is 133 Å². The van der Waals surface area contributed by atoms with E-state index in [1.54, 1.807) is 14.2 Å².